The van der Waals surface area contributed by atoms with Crippen LogP contribution in [0.5, 0.6) is 0 Å². The average molecular weight is 468 g/mol. The van der Waals surface area contributed by atoms with Crippen LogP contribution in [0.3, 0.4) is 0 Å². The van der Waals surface area contributed by atoms with Gasteiger partial charge in [-0.1, -0.05) is 33.1 Å². The molecule has 0 bridgehead atoms. The fourth-order valence-electron chi connectivity index (χ4n) is 3.82. The minimum atomic E-state index is -0.721. The Hall–Kier alpha value is -1.73. The Morgan fingerprint density at radius 2 is 1.78 bits per heavy atom. The predicted octanol–water partition coefficient (Wildman–Crippen LogP) is 6.58. The van der Waals surface area contributed by atoms with Gasteiger partial charge in [-0.15, -0.1) is 0 Å². The van der Waals surface area contributed by atoms with Crippen molar-refractivity contribution < 1.29 is 23.6 Å². The van der Waals surface area contributed by atoms with Crippen LogP contribution in [0.4, 0.5) is 5.69 Å². The molecular weight excluding hydrogens is 426 g/mol. The number of ether oxygens (including phenoxy) is 1. The van der Waals surface area contributed by atoms with Crippen LogP contribution in [0, 0.1) is 0 Å². The van der Waals surface area contributed by atoms with Gasteiger partial charge >= 0.3 is 11.9 Å². The summed E-state index contributed by atoms with van der Waals surface area (Å²) in [6.07, 6.45) is 8.22. The molecule has 0 amide bonds. The average Bonchev–Trinajstić information content (AvgIpc) is 2.76. The van der Waals surface area contributed by atoms with Crippen molar-refractivity contribution >= 4 is 29.7 Å². The number of unbranched alkanes of at least 4 members (excludes halogenated alkanes) is 4. The Bertz CT molecular complexity index is 697. The second-order valence-electron chi connectivity index (χ2n) is 8.37. The van der Waals surface area contributed by atoms with Crippen molar-refractivity contribution in [1.82, 2.24) is 0 Å². The van der Waals surface area contributed by atoms with Gasteiger partial charge < -0.3 is 19.3 Å². The number of anilines is 1. The highest BCUT2D eigenvalue weighted by Crippen LogP contribution is 2.40. The normalized spacial score (nSPS) is 12.9. The standard InChI is InChI=1S/C25H41NO5S/c1-5-25(3,17-11-7-9-13-23(27)28)21-19-20(32-30-4)15-16-22(21)26-18-12-8-10-14-24(29)31-6-2/h15-16,19,26H,5-14,17-18H2,1-4H3,(H,27,28). The number of carboxylic acid groups (broad SMARTS) is 1. The summed E-state index contributed by atoms with van der Waals surface area (Å²) in [7, 11) is 1.67. The molecule has 182 valence electrons. The largest absolute Gasteiger partial charge is 0.481 e. The number of carboxylic acids is 1. The Morgan fingerprint density at radius 3 is 2.44 bits per heavy atom. The molecule has 32 heavy (non-hydrogen) atoms. The molecule has 2 N–H and O–H groups in total. The first kappa shape index (κ1) is 28.3. The van der Waals surface area contributed by atoms with Crippen LogP contribution >= 0.6 is 12.0 Å². The summed E-state index contributed by atoms with van der Waals surface area (Å²) in [5.41, 5.74) is 2.43. The first-order chi connectivity index (χ1) is 15.4. The van der Waals surface area contributed by atoms with E-state index in [4.69, 9.17) is 14.0 Å². The summed E-state index contributed by atoms with van der Waals surface area (Å²) in [5, 5.41) is 12.5. The van der Waals surface area contributed by atoms with Gasteiger partial charge in [0.05, 0.1) is 13.7 Å². The fourth-order valence-corrected chi connectivity index (χ4v) is 4.30. The van der Waals surface area contributed by atoms with Crippen molar-refractivity contribution in [3.05, 3.63) is 23.8 Å². The van der Waals surface area contributed by atoms with Gasteiger partial charge in [-0.25, -0.2) is 0 Å². The van der Waals surface area contributed by atoms with E-state index in [9.17, 15) is 9.59 Å². The number of rotatable bonds is 18. The van der Waals surface area contributed by atoms with Gasteiger partial charge in [0.25, 0.3) is 0 Å². The molecule has 0 saturated carbocycles. The summed E-state index contributed by atoms with van der Waals surface area (Å²) in [4.78, 5) is 23.3. The molecule has 0 aliphatic rings. The molecule has 0 aromatic heterocycles. The molecule has 1 unspecified atom stereocenters. The number of benzene rings is 1. The zero-order valence-electron chi connectivity index (χ0n) is 20.2. The van der Waals surface area contributed by atoms with Crippen molar-refractivity contribution in [2.24, 2.45) is 0 Å². The number of nitrogens with one attached hydrogen (secondary N) is 1. The van der Waals surface area contributed by atoms with E-state index >= 15 is 0 Å². The molecule has 7 heteroatoms. The lowest BCUT2D eigenvalue weighted by molar-refractivity contribution is -0.143. The van der Waals surface area contributed by atoms with Gasteiger partial charge in [-0.05, 0) is 68.2 Å². The molecule has 1 aromatic carbocycles. The number of hydrogen-bond acceptors (Lipinski definition) is 6. The van der Waals surface area contributed by atoms with E-state index in [-0.39, 0.29) is 17.8 Å². The first-order valence-corrected chi connectivity index (χ1v) is 12.6. The third-order valence-electron chi connectivity index (χ3n) is 5.90. The second kappa shape index (κ2) is 16.0. The molecule has 0 aliphatic carbocycles. The van der Waals surface area contributed by atoms with Crippen molar-refractivity contribution in [3.63, 3.8) is 0 Å². The molecule has 0 heterocycles. The van der Waals surface area contributed by atoms with E-state index in [0.717, 1.165) is 68.5 Å². The van der Waals surface area contributed by atoms with E-state index in [0.29, 0.717) is 13.0 Å². The molecule has 0 saturated heterocycles. The summed E-state index contributed by atoms with van der Waals surface area (Å²) < 4.78 is 10.2. The number of carbonyl (C=O) groups is 2. The highest BCUT2D eigenvalue weighted by Gasteiger charge is 2.27. The zero-order chi connectivity index (χ0) is 23.8. The van der Waals surface area contributed by atoms with Crippen molar-refractivity contribution in [2.45, 2.75) is 95.3 Å². The predicted molar refractivity (Wildman–Crippen MR) is 131 cm³/mol. The summed E-state index contributed by atoms with van der Waals surface area (Å²) in [6, 6.07) is 6.43. The second-order valence-corrected chi connectivity index (χ2v) is 9.34. The number of aliphatic carboxylic acids is 1. The van der Waals surface area contributed by atoms with Crippen molar-refractivity contribution in [1.29, 1.82) is 0 Å². The molecule has 1 aromatic rings. The van der Waals surface area contributed by atoms with E-state index in [1.54, 1.807) is 7.11 Å². The van der Waals surface area contributed by atoms with Gasteiger partial charge in [0.15, 0.2) is 0 Å². The maximum absolute atomic E-state index is 11.5. The summed E-state index contributed by atoms with van der Waals surface area (Å²) >= 11 is 1.36. The minimum absolute atomic E-state index is 0.000219. The topological polar surface area (TPSA) is 84.9 Å². The van der Waals surface area contributed by atoms with Gasteiger partial charge in [0.2, 0.25) is 0 Å². The molecule has 1 rings (SSSR count). The van der Waals surface area contributed by atoms with Crippen molar-refractivity contribution in [2.75, 3.05) is 25.6 Å². The van der Waals surface area contributed by atoms with Crippen LogP contribution < -0.4 is 5.32 Å². The molecule has 0 aliphatic heterocycles. The van der Waals surface area contributed by atoms with Crippen LogP contribution in [-0.2, 0) is 23.9 Å². The first-order valence-electron chi connectivity index (χ1n) is 11.8. The van der Waals surface area contributed by atoms with E-state index in [1.165, 1.54) is 17.6 Å². The van der Waals surface area contributed by atoms with Gasteiger partial charge in [-0.2, -0.15) is 0 Å². The Labute approximate surface area is 198 Å². The molecule has 1 atom stereocenters. The minimum Gasteiger partial charge on any atom is -0.481 e. The lowest BCUT2D eigenvalue weighted by Gasteiger charge is -2.32. The van der Waals surface area contributed by atoms with E-state index < -0.39 is 5.97 Å². The molecule has 0 spiro atoms. The highest BCUT2D eigenvalue weighted by atomic mass is 32.2. The molecular formula is C25H41NO5S. The zero-order valence-corrected chi connectivity index (χ0v) is 21.0. The van der Waals surface area contributed by atoms with Crippen LogP contribution in [0.2, 0.25) is 0 Å². The monoisotopic (exact) mass is 467 g/mol. The molecule has 6 nitrogen and oxygen atoms in total. The quantitative estimate of drug-likeness (QED) is 0.143. The number of carbonyl (C=O) groups excluding carboxylic acids is 1. The number of hydrogen-bond donors (Lipinski definition) is 2. The van der Waals surface area contributed by atoms with E-state index in [2.05, 4.69) is 37.4 Å². The lowest BCUT2D eigenvalue weighted by Crippen LogP contribution is -2.23. The van der Waals surface area contributed by atoms with Gasteiger partial charge in [0.1, 0.15) is 0 Å². The summed E-state index contributed by atoms with van der Waals surface area (Å²) in [5.74, 6) is -0.836. The highest BCUT2D eigenvalue weighted by molar-refractivity contribution is 7.94. The van der Waals surface area contributed by atoms with Crippen LogP contribution in [0.25, 0.3) is 0 Å². The third-order valence-corrected chi connectivity index (χ3v) is 6.51. The summed E-state index contributed by atoms with van der Waals surface area (Å²) in [6.45, 7) is 7.63. The Kier molecular flexibility index (Phi) is 14.1. The van der Waals surface area contributed by atoms with Crippen molar-refractivity contribution in [3.8, 4) is 0 Å². The molecule has 0 fully saturated rings. The third kappa shape index (κ3) is 10.7. The van der Waals surface area contributed by atoms with Gasteiger partial charge in [-0.3, -0.25) is 9.59 Å². The fraction of sp³-hybridized carbons (Fsp3) is 0.680. The molecule has 0 radical (unpaired) electrons. The lowest BCUT2D eigenvalue weighted by atomic mass is 9.75. The van der Waals surface area contributed by atoms with Crippen LogP contribution in [0.15, 0.2) is 23.1 Å². The van der Waals surface area contributed by atoms with Crippen LogP contribution in [0.1, 0.15) is 90.5 Å². The number of esters is 1. The maximum Gasteiger partial charge on any atom is 0.305 e. The SMILES string of the molecule is CCOC(=O)CCCCCNc1ccc(SOC)cc1C(C)(CC)CCCCCC(=O)O. The Morgan fingerprint density at radius 1 is 1.06 bits per heavy atom. The van der Waals surface area contributed by atoms with E-state index in [1.807, 2.05) is 6.92 Å². The van der Waals surface area contributed by atoms with Gasteiger partial charge in [0, 0.05) is 42.0 Å². The maximum atomic E-state index is 11.5. The smallest absolute Gasteiger partial charge is 0.305 e. The van der Waals surface area contributed by atoms with Crippen LogP contribution in [-0.4, -0.2) is 37.3 Å². The Balaban J connectivity index is 2.73.